The zero-order valence-corrected chi connectivity index (χ0v) is 21.0. The van der Waals surface area contributed by atoms with E-state index < -0.39 is 11.9 Å². The maximum atomic E-state index is 13.7. The van der Waals surface area contributed by atoms with Crippen LogP contribution in [0.2, 0.25) is 0 Å². The van der Waals surface area contributed by atoms with Crippen molar-refractivity contribution in [1.82, 2.24) is 4.98 Å². The molecule has 0 saturated heterocycles. The number of rotatable bonds is 5. The number of carbonyl (C=O) groups is 2. The summed E-state index contributed by atoms with van der Waals surface area (Å²) in [6, 6.07) is 11.6. The Morgan fingerprint density at radius 3 is 2.59 bits per heavy atom. The molecule has 1 aliphatic rings. The maximum Gasteiger partial charge on any atom is 0.297 e. The predicted octanol–water partition coefficient (Wildman–Crippen LogP) is 5.67. The fraction of sp³-hybridized carbons (Fsp3) is 0.200. The lowest BCUT2D eigenvalue weighted by Gasteiger charge is -2.22. The Hall–Kier alpha value is -3.30. The Morgan fingerprint density at radius 1 is 1.21 bits per heavy atom. The number of ketones is 1. The van der Waals surface area contributed by atoms with Crippen molar-refractivity contribution in [1.29, 1.82) is 0 Å². The van der Waals surface area contributed by atoms with Gasteiger partial charge in [-0.1, -0.05) is 39.4 Å². The third kappa shape index (κ3) is 3.56. The molecular weight excluding hydrogens is 520 g/mol. The lowest BCUT2D eigenvalue weighted by atomic mass is 9.98. The van der Waals surface area contributed by atoms with Gasteiger partial charge in [0, 0.05) is 11.4 Å². The smallest absolute Gasteiger partial charge is 0.297 e. The molecule has 4 aromatic rings. The van der Waals surface area contributed by atoms with Crippen LogP contribution in [-0.4, -0.2) is 23.3 Å². The number of hydrogen-bond donors (Lipinski definition) is 0. The molecule has 1 aliphatic heterocycles. The topological polar surface area (TPSA) is 89.7 Å². The van der Waals surface area contributed by atoms with E-state index in [1.54, 1.807) is 37.3 Å². The molecule has 0 aliphatic carbocycles. The standard InChI is InChI=1S/C25H19BrN2O5S/c1-4-32-16-8-5-14(6-9-16)20-19-21(30)17-11-15(26)7-10-18(17)33-22(19)24(31)28(20)25-27-12(2)23(34-25)13(3)29/h5-11,20H,4H2,1-3H3. The van der Waals surface area contributed by atoms with Crippen LogP contribution in [0.3, 0.4) is 0 Å². The molecule has 1 atom stereocenters. The van der Waals surface area contributed by atoms with Gasteiger partial charge in [0.05, 0.1) is 34.2 Å². The summed E-state index contributed by atoms with van der Waals surface area (Å²) in [6.45, 7) is 5.61. The van der Waals surface area contributed by atoms with Crippen molar-refractivity contribution in [3.63, 3.8) is 0 Å². The van der Waals surface area contributed by atoms with Crippen molar-refractivity contribution in [3.05, 3.63) is 84.6 Å². The number of amides is 1. The number of benzene rings is 2. The van der Waals surface area contributed by atoms with E-state index in [2.05, 4.69) is 20.9 Å². The van der Waals surface area contributed by atoms with Crippen molar-refractivity contribution in [2.24, 2.45) is 0 Å². The predicted molar refractivity (Wildman–Crippen MR) is 133 cm³/mol. The van der Waals surface area contributed by atoms with E-state index >= 15 is 0 Å². The van der Waals surface area contributed by atoms with Crippen LogP contribution >= 0.6 is 27.3 Å². The zero-order chi connectivity index (χ0) is 24.1. The number of carbonyl (C=O) groups excluding carboxylic acids is 2. The average Bonchev–Trinajstić information content (AvgIpc) is 3.33. The largest absolute Gasteiger partial charge is 0.494 e. The number of thiazole rings is 1. The summed E-state index contributed by atoms with van der Waals surface area (Å²) < 4.78 is 12.3. The molecule has 172 valence electrons. The van der Waals surface area contributed by atoms with Gasteiger partial charge in [0.2, 0.25) is 5.76 Å². The molecule has 0 spiro atoms. The number of fused-ring (bicyclic) bond motifs is 2. The van der Waals surface area contributed by atoms with Crippen LogP contribution in [0, 0.1) is 6.92 Å². The molecule has 0 N–H and O–H groups in total. The second kappa shape index (κ2) is 8.48. The lowest BCUT2D eigenvalue weighted by molar-refractivity contribution is 0.0969. The average molecular weight is 539 g/mol. The van der Waals surface area contributed by atoms with E-state index in [0.717, 1.165) is 15.8 Å². The van der Waals surface area contributed by atoms with E-state index in [-0.39, 0.29) is 22.5 Å². The van der Waals surface area contributed by atoms with Crippen LogP contribution in [0.15, 0.2) is 56.1 Å². The summed E-state index contributed by atoms with van der Waals surface area (Å²) in [4.78, 5) is 45.8. The first-order valence-corrected chi connectivity index (χ1v) is 12.2. The Kier molecular flexibility index (Phi) is 5.61. The van der Waals surface area contributed by atoms with Crippen molar-refractivity contribution in [2.45, 2.75) is 26.8 Å². The highest BCUT2D eigenvalue weighted by Gasteiger charge is 2.45. The molecule has 9 heteroatoms. The first-order valence-electron chi connectivity index (χ1n) is 10.6. The molecule has 1 amide bonds. The first-order chi connectivity index (χ1) is 16.3. The SMILES string of the molecule is CCOc1ccc(C2c3c(oc4ccc(Br)cc4c3=O)C(=O)N2c2nc(C)c(C(C)=O)s2)cc1. The number of hydrogen-bond acceptors (Lipinski definition) is 7. The summed E-state index contributed by atoms with van der Waals surface area (Å²) in [6.07, 6.45) is 0. The van der Waals surface area contributed by atoms with Crippen molar-refractivity contribution in [2.75, 3.05) is 11.5 Å². The monoisotopic (exact) mass is 538 g/mol. The lowest BCUT2D eigenvalue weighted by Crippen LogP contribution is -2.29. The molecule has 0 radical (unpaired) electrons. The summed E-state index contributed by atoms with van der Waals surface area (Å²) in [5, 5.41) is 0.709. The number of aromatic nitrogens is 1. The third-order valence-electron chi connectivity index (χ3n) is 5.65. The minimum Gasteiger partial charge on any atom is -0.494 e. The maximum absolute atomic E-state index is 13.7. The highest BCUT2D eigenvalue weighted by Crippen LogP contribution is 2.43. The minimum atomic E-state index is -0.761. The van der Waals surface area contributed by atoms with Crippen LogP contribution in [0.5, 0.6) is 5.75 Å². The first kappa shape index (κ1) is 22.5. The molecule has 2 aromatic heterocycles. The Morgan fingerprint density at radius 2 is 1.94 bits per heavy atom. The Bertz CT molecular complexity index is 1520. The van der Waals surface area contributed by atoms with Crippen LogP contribution in [-0.2, 0) is 0 Å². The van der Waals surface area contributed by atoms with Crippen molar-refractivity contribution in [3.8, 4) is 5.75 Å². The normalized spacial score (nSPS) is 15.1. The van der Waals surface area contributed by atoms with Gasteiger partial charge in [0.25, 0.3) is 5.91 Å². The molecule has 0 bridgehead atoms. The van der Waals surface area contributed by atoms with Gasteiger partial charge in [-0.2, -0.15) is 0 Å². The van der Waals surface area contributed by atoms with Crippen LogP contribution in [0.25, 0.3) is 11.0 Å². The molecular formula is C25H19BrN2O5S. The highest BCUT2D eigenvalue weighted by atomic mass is 79.9. The van der Waals surface area contributed by atoms with Crippen molar-refractivity contribution < 1.29 is 18.7 Å². The Labute approximate surface area is 207 Å². The summed E-state index contributed by atoms with van der Waals surface area (Å²) in [7, 11) is 0. The fourth-order valence-corrected chi connectivity index (χ4v) is 5.53. The van der Waals surface area contributed by atoms with E-state index in [1.165, 1.54) is 11.8 Å². The van der Waals surface area contributed by atoms with E-state index in [1.807, 2.05) is 19.1 Å². The third-order valence-corrected chi connectivity index (χ3v) is 7.40. The Balaban J connectivity index is 1.76. The number of nitrogens with zero attached hydrogens (tertiary/aromatic N) is 2. The molecule has 34 heavy (non-hydrogen) atoms. The van der Waals surface area contributed by atoms with Gasteiger partial charge in [-0.15, -0.1) is 0 Å². The fourth-order valence-electron chi connectivity index (χ4n) is 4.18. The van der Waals surface area contributed by atoms with Gasteiger partial charge in [0.15, 0.2) is 16.3 Å². The second-order valence-corrected chi connectivity index (χ2v) is 9.75. The van der Waals surface area contributed by atoms with Gasteiger partial charge in [0.1, 0.15) is 11.3 Å². The number of Topliss-reactive ketones (excluding diaryl/α,β-unsaturated/α-hetero) is 1. The van der Waals surface area contributed by atoms with Crippen LogP contribution in [0.1, 0.15) is 56.9 Å². The summed E-state index contributed by atoms with van der Waals surface area (Å²) in [5.74, 6) is 0.0594. The molecule has 5 rings (SSSR count). The number of halogens is 1. The molecule has 0 saturated carbocycles. The number of aryl methyl sites for hydroxylation is 1. The van der Waals surface area contributed by atoms with Gasteiger partial charge in [-0.05, 0) is 49.7 Å². The van der Waals surface area contributed by atoms with Gasteiger partial charge in [-0.3, -0.25) is 19.3 Å². The van der Waals surface area contributed by atoms with Crippen LogP contribution in [0.4, 0.5) is 5.13 Å². The van der Waals surface area contributed by atoms with E-state index in [4.69, 9.17) is 9.15 Å². The molecule has 0 fully saturated rings. The summed E-state index contributed by atoms with van der Waals surface area (Å²) >= 11 is 4.53. The zero-order valence-electron chi connectivity index (χ0n) is 18.5. The van der Waals surface area contributed by atoms with E-state index in [9.17, 15) is 14.4 Å². The summed E-state index contributed by atoms with van der Waals surface area (Å²) in [5.41, 5.74) is 1.53. The molecule has 1 unspecified atom stereocenters. The molecule has 2 aromatic carbocycles. The van der Waals surface area contributed by atoms with E-state index in [0.29, 0.717) is 44.6 Å². The second-order valence-electron chi connectivity index (χ2n) is 7.86. The highest BCUT2D eigenvalue weighted by molar-refractivity contribution is 9.10. The van der Waals surface area contributed by atoms with Gasteiger partial charge < -0.3 is 9.15 Å². The minimum absolute atomic E-state index is 0.0177. The van der Waals surface area contributed by atoms with Crippen molar-refractivity contribution >= 4 is 55.1 Å². The molecule has 3 heterocycles. The molecule has 7 nitrogen and oxygen atoms in total. The quantitative estimate of drug-likeness (QED) is 0.304. The van der Waals surface area contributed by atoms with Gasteiger partial charge >= 0.3 is 0 Å². The number of ether oxygens (including phenoxy) is 1. The number of anilines is 1. The van der Waals surface area contributed by atoms with Crippen LogP contribution < -0.4 is 15.1 Å². The van der Waals surface area contributed by atoms with Gasteiger partial charge in [-0.25, -0.2) is 4.98 Å².